The SMILES string of the molecule is CNC(=O)c1cc(F)ccc1CCNC(=O)c1nc(N2CCCCS2(=O)=O)c2cccnc2c1O. The van der Waals surface area contributed by atoms with Crippen LogP contribution in [-0.2, 0) is 16.4 Å². The van der Waals surface area contributed by atoms with Gasteiger partial charge < -0.3 is 15.7 Å². The van der Waals surface area contributed by atoms with Gasteiger partial charge in [0.1, 0.15) is 11.3 Å². The van der Waals surface area contributed by atoms with Crippen molar-refractivity contribution in [2.45, 2.75) is 19.3 Å². The van der Waals surface area contributed by atoms with Gasteiger partial charge in [0.2, 0.25) is 10.0 Å². The van der Waals surface area contributed by atoms with Crippen LogP contribution >= 0.6 is 0 Å². The second-order valence-corrected chi connectivity index (χ2v) is 10.0. The fraction of sp³-hybridized carbons (Fsp3) is 0.304. The van der Waals surface area contributed by atoms with Gasteiger partial charge in [0, 0.05) is 37.3 Å². The number of hydrogen-bond acceptors (Lipinski definition) is 7. The molecule has 35 heavy (non-hydrogen) atoms. The molecule has 0 saturated carbocycles. The van der Waals surface area contributed by atoms with Gasteiger partial charge in [-0.1, -0.05) is 6.07 Å². The van der Waals surface area contributed by atoms with Gasteiger partial charge in [-0.3, -0.25) is 18.9 Å². The number of rotatable bonds is 6. The lowest BCUT2D eigenvalue weighted by molar-refractivity contribution is 0.0945. The van der Waals surface area contributed by atoms with Crippen molar-refractivity contribution in [2.24, 2.45) is 0 Å². The topological polar surface area (TPSA) is 142 Å². The number of carbonyl (C=O) groups is 2. The number of sulfonamides is 1. The molecule has 1 aromatic carbocycles. The van der Waals surface area contributed by atoms with Gasteiger partial charge in [-0.05, 0) is 49.1 Å². The van der Waals surface area contributed by atoms with Crippen LogP contribution in [0.3, 0.4) is 0 Å². The number of amides is 2. The Morgan fingerprint density at radius 1 is 1.20 bits per heavy atom. The minimum absolute atomic E-state index is 0.0375. The molecule has 0 aliphatic carbocycles. The van der Waals surface area contributed by atoms with E-state index >= 15 is 0 Å². The molecule has 3 N–H and O–H groups in total. The Bertz CT molecular complexity index is 1410. The van der Waals surface area contributed by atoms with E-state index in [2.05, 4.69) is 20.6 Å². The fourth-order valence-electron chi connectivity index (χ4n) is 3.99. The van der Waals surface area contributed by atoms with Crippen LogP contribution in [0.1, 0.15) is 39.3 Å². The highest BCUT2D eigenvalue weighted by Crippen LogP contribution is 2.34. The first-order valence-corrected chi connectivity index (χ1v) is 12.6. The highest BCUT2D eigenvalue weighted by molar-refractivity contribution is 7.92. The third kappa shape index (κ3) is 4.87. The first-order chi connectivity index (χ1) is 16.7. The molecule has 2 amide bonds. The summed E-state index contributed by atoms with van der Waals surface area (Å²) in [6.07, 6.45) is 2.79. The molecule has 1 aliphatic rings. The number of halogens is 1. The number of anilines is 1. The number of pyridine rings is 2. The van der Waals surface area contributed by atoms with Gasteiger partial charge in [0.05, 0.1) is 5.75 Å². The molecular formula is C23H24FN5O5S. The summed E-state index contributed by atoms with van der Waals surface area (Å²) in [6, 6.07) is 6.98. The summed E-state index contributed by atoms with van der Waals surface area (Å²) < 4.78 is 40.2. The number of nitrogens with one attached hydrogen (secondary N) is 2. The van der Waals surface area contributed by atoms with Crippen molar-refractivity contribution >= 4 is 38.6 Å². The van der Waals surface area contributed by atoms with Gasteiger partial charge in [0.25, 0.3) is 11.8 Å². The molecule has 1 aliphatic heterocycles. The van der Waals surface area contributed by atoms with Crippen molar-refractivity contribution < 1.29 is 27.5 Å². The van der Waals surface area contributed by atoms with Crippen molar-refractivity contribution in [3.8, 4) is 5.75 Å². The van der Waals surface area contributed by atoms with Gasteiger partial charge in [0.15, 0.2) is 17.3 Å². The second-order valence-electron chi connectivity index (χ2n) is 8.01. The minimum atomic E-state index is -3.63. The summed E-state index contributed by atoms with van der Waals surface area (Å²) in [5.41, 5.74) is 0.361. The zero-order valence-corrected chi connectivity index (χ0v) is 19.7. The smallest absolute Gasteiger partial charge is 0.273 e. The van der Waals surface area contributed by atoms with E-state index in [1.165, 1.54) is 25.4 Å². The van der Waals surface area contributed by atoms with Crippen LogP contribution in [0, 0.1) is 5.82 Å². The molecule has 3 aromatic rings. The Morgan fingerprint density at radius 2 is 2.00 bits per heavy atom. The van der Waals surface area contributed by atoms with Crippen molar-refractivity contribution in [2.75, 3.05) is 30.2 Å². The molecule has 0 atom stereocenters. The predicted molar refractivity (Wildman–Crippen MR) is 127 cm³/mol. The highest BCUT2D eigenvalue weighted by Gasteiger charge is 2.31. The summed E-state index contributed by atoms with van der Waals surface area (Å²) in [5, 5.41) is 16.1. The molecular weight excluding hydrogens is 477 g/mol. The minimum Gasteiger partial charge on any atom is -0.504 e. The van der Waals surface area contributed by atoms with Crippen LogP contribution in [0.4, 0.5) is 10.2 Å². The lowest BCUT2D eigenvalue weighted by Gasteiger charge is -2.28. The number of aromatic hydroxyl groups is 1. The zero-order chi connectivity index (χ0) is 25.2. The molecule has 2 aromatic heterocycles. The lowest BCUT2D eigenvalue weighted by atomic mass is 10.0. The van der Waals surface area contributed by atoms with Crippen LogP contribution < -0.4 is 14.9 Å². The monoisotopic (exact) mass is 501 g/mol. The molecule has 0 spiro atoms. The van der Waals surface area contributed by atoms with Crippen molar-refractivity contribution in [1.29, 1.82) is 0 Å². The van der Waals surface area contributed by atoms with E-state index in [0.29, 0.717) is 23.8 Å². The molecule has 12 heteroatoms. The Labute approximate surface area is 201 Å². The Kier molecular flexibility index (Phi) is 6.83. The second kappa shape index (κ2) is 9.82. The molecule has 0 bridgehead atoms. The van der Waals surface area contributed by atoms with E-state index in [9.17, 15) is 27.5 Å². The molecule has 1 fully saturated rings. The van der Waals surface area contributed by atoms with Crippen LogP contribution in [0.2, 0.25) is 0 Å². The van der Waals surface area contributed by atoms with Crippen LogP contribution in [0.5, 0.6) is 5.75 Å². The lowest BCUT2D eigenvalue weighted by Crippen LogP contribution is -2.39. The summed E-state index contributed by atoms with van der Waals surface area (Å²) in [6.45, 7) is 0.255. The van der Waals surface area contributed by atoms with E-state index in [-0.39, 0.29) is 47.9 Å². The maximum atomic E-state index is 13.6. The summed E-state index contributed by atoms with van der Waals surface area (Å²) in [7, 11) is -2.20. The molecule has 1 saturated heterocycles. The van der Waals surface area contributed by atoms with Crippen molar-refractivity contribution in [3.63, 3.8) is 0 Å². The number of carbonyl (C=O) groups excluding carboxylic acids is 2. The number of nitrogens with zero attached hydrogens (tertiary/aromatic N) is 3. The fourth-order valence-corrected chi connectivity index (χ4v) is 5.59. The summed E-state index contributed by atoms with van der Waals surface area (Å²) in [4.78, 5) is 33.4. The normalized spacial score (nSPS) is 15.1. The standard InChI is InChI=1S/C23H24FN5O5S/c1-25-22(31)17-13-15(24)7-6-14(17)8-10-27-23(32)19-20(30)18-16(5-4-9-26-18)21(28-19)29-11-2-3-12-35(29,33)34/h4-7,9,13,30H,2-3,8,10-12H2,1H3,(H,25,31)(H,27,32). The number of benzene rings is 1. The summed E-state index contributed by atoms with van der Waals surface area (Å²) >= 11 is 0. The van der Waals surface area contributed by atoms with Gasteiger partial charge in [-0.2, -0.15) is 0 Å². The van der Waals surface area contributed by atoms with Crippen LogP contribution in [0.25, 0.3) is 10.9 Å². The van der Waals surface area contributed by atoms with Crippen LogP contribution in [-0.4, -0.2) is 61.2 Å². The molecule has 0 unspecified atom stereocenters. The Balaban J connectivity index is 1.63. The molecule has 3 heterocycles. The van der Waals surface area contributed by atoms with Gasteiger partial charge >= 0.3 is 0 Å². The van der Waals surface area contributed by atoms with Gasteiger partial charge in [-0.25, -0.2) is 17.8 Å². The number of fused-ring (bicyclic) bond motifs is 1. The first-order valence-electron chi connectivity index (χ1n) is 11.0. The van der Waals surface area contributed by atoms with E-state index in [1.807, 2.05) is 0 Å². The van der Waals surface area contributed by atoms with E-state index in [1.54, 1.807) is 12.1 Å². The molecule has 184 valence electrons. The number of hydrogen-bond donors (Lipinski definition) is 3. The maximum absolute atomic E-state index is 13.6. The third-order valence-corrected chi connectivity index (χ3v) is 7.57. The summed E-state index contributed by atoms with van der Waals surface area (Å²) in [5.74, 6) is -2.23. The van der Waals surface area contributed by atoms with E-state index in [0.717, 1.165) is 10.4 Å². The van der Waals surface area contributed by atoms with E-state index in [4.69, 9.17) is 0 Å². The average Bonchev–Trinajstić information content (AvgIpc) is 2.85. The third-order valence-electron chi connectivity index (χ3n) is 5.74. The Hall–Kier alpha value is -3.80. The van der Waals surface area contributed by atoms with Crippen LogP contribution in [0.15, 0.2) is 36.5 Å². The largest absolute Gasteiger partial charge is 0.504 e. The quantitative estimate of drug-likeness (QED) is 0.467. The van der Waals surface area contributed by atoms with Gasteiger partial charge in [-0.15, -0.1) is 0 Å². The zero-order valence-electron chi connectivity index (χ0n) is 18.9. The number of aromatic nitrogens is 2. The van der Waals surface area contributed by atoms with Crippen molar-refractivity contribution in [3.05, 3.63) is 59.2 Å². The van der Waals surface area contributed by atoms with E-state index < -0.39 is 33.4 Å². The maximum Gasteiger partial charge on any atom is 0.273 e. The molecule has 10 nitrogen and oxygen atoms in total. The average molecular weight is 502 g/mol. The Morgan fingerprint density at radius 3 is 2.74 bits per heavy atom. The predicted octanol–water partition coefficient (Wildman–Crippen LogP) is 1.74. The molecule has 4 rings (SSSR count). The van der Waals surface area contributed by atoms with Crippen molar-refractivity contribution in [1.82, 2.24) is 20.6 Å². The first kappa shape index (κ1) is 24.3. The molecule has 0 radical (unpaired) electrons. The highest BCUT2D eigenvalue weighted by atomic mass is 32.2.